The maximum Gasteiger partial charge on any atom is 0.424 e. The van der Waals surface area contributed by atoms with Gasteiger partial charge in [-0.05, 0) is 66.2 Å². The van der Waals surface area contributed by atoms with Gasteiger partial charge in [0, 0.05) is 12.3 Å². The summed E-state index contributed by atoms with van der Waals surface area (Å²) in [5.74, 6) is -6.63. The zero-order chi connectivity index (χ0) is 38.0. The number of halogens is 2. The summed E-state index contributed by atoms with van der Waals surface area (Å²) >= 11 is 0. The van der Waals surface area contributed by atoms with Gasteiger partial charge >= 0.3 is 12.2 Å². The molecule has 0 aliphatic carbocycles. The van der Waals surface area contributed by atoms with Gasteiger partial charge in [0.2, 0.25) is 17.5 Å². The Bertz CT molecular complexity index is 1990. The number of pyridine rings is 2. The number of carbonyl (C=O) groups is 4. The van der Waals surface area contributed by atoms with Gasteiger partial charge in [0.25, 0.3) is 0 Å². The Morgan fingerprint density at radius 2 is 1.47 bits per heavy atom. The third-order valence-corrected chi connectivity index (χ3v) is 6.76. The lowest BCUT2D eigenvalue weighted by atomic mass is 10.0. The standard InChI is InChI=1S/C35H37F2N5O9/c1-11-24(43)40-19-15-38-14-17(2)28(19)41-23-12-18-22(16-39-23)49-31(30(44)25-26(36)20(47-9)13-21(48-10)27(25)37)29(18)42(32(45)50-34(3,4)5)33(46)51-35(6,7)8/h11-16H,1H2,2-10H3,(H,40,43)(H,38,39,41). The van der Waals surface area contributed by atoms with Crippen LogP contribution in [0.15, 0.2) is 47.8 Å². The number of ether oxygens (including phenoxy) is 4. The molecule has 0 unspecified atom stereocenters. The van der Waals surface area contributed by atoms with Gasteiger partial charge < -0.3 is 34.0 Å². The third-order valence-electron chi connectivity index (χ3n) is 6.76. The predicted octanol–water partition coefficient (Wildman–Crippen LogP) is 7.60. The van der Waals surface area contributed by atoms with Crippen LogP contribution in [0.1, 0.15) is 63.2 Å². The van der Waals surface area contributed by atoms with Crippen LogP contribution in [-0.4, -0.2) is 59.3 Å². The maximum absolute atomic E-state index is 15.7. The normalized spacial score (nSPS) is 11.4. The number of carbonyl (C=O) groups excluding carboxylic acids is 4. The minimum absolute atomic E-state index is 0.0562. The number of nitrogens with zero attached hydrogens (tertiary/aromatic N) is 3. The fourth-order valence-corrected chi connectivity index (χ4v) is 4.64. The molecule has 0 radical (unpaired) electrons. The number of aryl methyl sites for hydroxylation is 1. The second-order valence-corrected chi connectivity index (χ2v) is 13.0. The zero-order valence-corrected chi connectivity index (χ0v) is 29.4. The van der Waals surface area contributed by atoms with Crippen molar-refractivity contribution in [1.82, 2.24) is 9.97 Å². The van der Waals surface area contributed by atoms with Gasteiger partial charge in [0.1, 0.15) is 28.3 Å². The number of anilines is 4. The highest BCUT2D eigenvalue weighted by atomic mass is 19.1. The fraction of sp³-hybridized carbons (Fsp3) is 0.314. The van der Waals surface area contributed by atoms with E-state index in [1.165, 1.54) is 60.0 Å². The highest BCUT2D eigenvalue weighted by Crippen LogP contribution is 2.41. The van der Waals surface area contributed by atoms with Crippen LogP contribution < -0.4 is 25.0 Å². The topological polar surface area (TPSA) is 171 Å². The number of benzene rings is 1. The van der Waals surface area contributed by atoms with Crippen molar-refractivity contribution in [3.63, 3.8) is 0 Å². The summed E-state index contributed by atoms with van der Waals surface area (Å²) in [7, 11) is 2.20. The molecule has 0 fully saturated rings. The molecule has 3 amide bonds. The molecule has 0 saturated carbocycles. The number of nitrogens with one attached hydrogen (secondary N) is 2. The lowest BCUT2D eigenvalue weighted by Crippen LogP contribution is -2.44. The van der Waals surface area contributed by atoms with Crippen LogP contribution in [0, 0.1) is 18.6 Å². The molecule has 0 bridgehead atoms. The first-order chi connectivity index (χ1) is 23.8. The third kappa shape index (κ3) is 8.22. The van der Waals surface area contributed by atoms with Crippen LogP contribution >= 0.6 is 0 Å². The Balaban J connectivity index is 2.05. The number of ketones is 1. The number of fused-ring (bicyclic) bond motifs is 1. The van der Waals surface area contributed by atoms with Gasteiger partial charge in [-0.1, -0.05) is 6.58 Å². The van der Waals surface area contributed by atoms with E-state index in [0.29, 0.717) is 16.2 Å². The van der Waals surface area contributed by atoms with Crippen molar-refractivity contribution < 1.29 is 51.3 Å². The smallest absolute Gasteiger partial charge is 0.424 e. The van der Waals surface area contributed by atoms with Crippen molar-refractivity contribution in [2.45, 2.75) is 59.7 Å². The molecule has 14 nitrogen and oxygen atoms in total. The van der Waals surface area contributed by atoms with Crippen molar-refractivity contribution >= 4 is 57.7 Å². The van der Waals surface area contributed by atoms with Crippen LogP contribution in [-0.2, 0) is 14.3 Å². The molecule has 0 aliphatic heterocycles. The molecule has 0 spiro atoms. The lowest BCUT2D eigenvalue weighted by molar-refractivity contribution is -0.111. The molecular weight excluding hydrogens is 672 g/mol. The minimum atomic E-state index is -1.43. The van der Waals surface area contributed by atoms with E-state index in [4.69, 9.17) is 23.4 Å². The van der Waals surface area contributed by atoms with E-state index in [9.17, 15) is 19.2 Å². The number of aromatic nitrogens is 2. The van der Waals surface area contributed by atoms with E-state index in [1.54, 1.807) is 6.92 Å². The summed E-state index contributed by atoms with van der Waals surface area (Å²) in [4.78, 5) is 62.9. The van der Waals surface area contributed by atoms with Gasteiger partial charge in [0.15, 0.2) is 28.7 Å². The number of hydrogen-bond donors (Lipinski definition) is 2. The van der Waals surface area contributed by atoms with E-state index in [-0.39, 0.29) is 22.5 Å². The first-order valence-electron chi connectivity index (χ1n) is 15.3. The van der Waals surface area contributed by atoms with E-state index in [0.717, 1.165) is 32.6 Å². The molecule has 0 saturated heterocycles. The predicted molar refractivity (Wildman–Crippen MR) is 183 cm³/mol. The van der Waals surface area contributed by atoms with Gasteiger partial charge in [-0.2, -0.15) is 4.90 Å². The molecule has 0 aliphatic rings. The maximum atomic E-state index is 15.7. The zero-order valence-electron chi connectivity index (χ0n) is 29.4. The summed E-state index contributed by atoms with van der Waals surface area (Å²) in [5, 5.41) is 5.58. The number of methoxy groups -OCH3 is 2. The number of rotatable bonds is 9. The number of imide groups is 1. The van der Waals surface area contributed by atoms with E-state index < -0.39 is 75.2 Å². The largest absolute Gasteiger partial charge is 0.494 e. The second-order valence-electron chi connectivity index (χ2n) is 13.0. The summed E-state index contributed by atoms with van der Waals surface area (Å²) in [6.45, 7) is 14.4. The summed E-state index contributed by atoms with van der Waals surface area (Å²) < 4.78 is 58.3. The average molecular weight is 710 g/mol. The SMILES string of the molecule is C=CC(=O)Nc1cncc(C)c1Nc1cc2c(N(C(=O)OC(C)(C)C)C(=O)OC(C)(C)C)c(C(=O)c3c(F)c(OC)cc(OC)c3F)oc2cn1. The van der Waals surface area contributed by atoms with Crippen molar-refractivity contribution in [3.8, 4) is 11.5 Å². The average Bonchev–Trinajstić information content (AvgIpc) is 3.39. The Hall–Kier alpha value is -6.06. The van der Waals surface area contributed by atoms with Crippen LogP contribution in [0.2, 0.25) is 0 Å². The second kappa shape index (κ2) is 14.4. The van der Waals surface area contributed by atoms with Crippen LogP contribution in [0.4, 0.5) is 41.2 Å². The summed E-state index contributed by atoms with van der Waals surface area (Å²) in [6.07, 6.45) is 2.51. The molecule has 1 aromatic carbocycles. The molecule has 270 valence electrons. The fourth-order valence-electron chi connectivity index (χ4n) is 4.64. The number of hydrogen-bond acceptors (Lipinski definition) is 12. The first kappa shape index (κ1) is 37.8. The van der Waals surface area contributed by atoms with E-state index in [2.05, 4.69) is 27.2 Å². The van der Waals surface area contributed by atoms with Crippen molar-refractivity contribution in [2.75, 3.05) is 29.8 Å². The van der Waals surface area contributed by atoms with Gasteiger partial charge in [0.05, 0.1) is 43.4 Å². The summed E-state index contributed by atoms with van der Waals surface area (Å²) in [5.41, 5.74) is -3.07. The Labute approximate surface area is 291 Å². The Kier molecular flexibility index (Phi) is 10.7. The van der Waals surface area contributed by atoms with Crippen LogP contribution in [0.3, 0.4) is 0 Å². The molecule has 2 N–H and O–H groups in total. The van der Waals surface area contributed by atoms with Crippen molar-refractivity contribution in [2.24, 2.45) is 0 Å². The van der Waals surface area contributed by atoms with Crippen molar-refractivity contribution in [1.29, 1.82) is 0 Å². The molecule has 4 rings (SSSR count). The summed E-state index contributed by atoms with van der Waals surface area (Å²) in [6, 6.07) is 2.22. The highest BCUT2D eigenvalue weighted by Gasteiger charge is 2.40. The van der Waals surface area contributed by atoms with Gasteiger partial charge in [-0.3, -0.25) is 14.6 Å². The number of furan rings is 1. The van der Waals surface area contributed by atoms with Gasteiger partial charge in [-0.25, -0.2) is 23.4 Å². The molecule has 16 heteroatoms. The monoisotopic (exact) mass is 709 g/mol. The van der Waals surface area contributed by atoms with E-state index >= 15 is 8.78 Å². The lowest BCUT2D eigenvalue weighted by Gasteiger charge is -2.28. The first-order valence-corrected chi connectivity index (χ1v) is 15.3. The molecule has 51 heavy (non-hydrogen) atoms. The minimum Gasteiger partial charge on any atom is -0.494 e. The van der Waals surface area contributed by atoms with E-state index in [1.807, 2.05) is 0 Å². The quantitative estimate of drug-likeness (QED) is 0.129. The molecule has 3 heterocycles. The van der Waals surface area contributed by atoms with Crippen LogP contribution in [0.25, 0.3) is 11.0 Å². The molecule has 4 aromatic rings. The molecule has 0 atom stereocenters. The van der Waals surface area contributed by atoms with Crippen molar-refractivity contribution in [3.05, 3.63) is 71.9 Å². The van der Waals surface area contributed by atoms with Crippen LogP contribution in [0.5, 0.6) is 11.5 Å². The van der Waals surface area contributed by atoms with Gasteiger partial charge in [-0.15, -0.1) is 0 Å². The number of amides is 3. The molecular formula is C35H37F2N5O9. The Morgan fingerprint density at radius 3 is 1.98 bits per heavy atom. The highest BCUT2D eigenvalue weighted by molar-refractivity contribution is 6.23. The Morgan fingerprint density at radius 1 is 0.902 bits per heavy atom. The molecule has 3 aromatic heterocycles.